The van der Waals surface area contributed by atoms with Gasteiger partial charge in [-0.3, -0.25) is 4.79 Å². The van der Waals surface area contributed by atoms with Crippen LogP contribution in [0.25, 0.3) is 0 Å². The van der Waals surface area contributed by atoms with Crippen LogP contribution in [0.3, 0.4) is 0 Å². The molecule has 0 aromatic heterocycles. The van der Waals surface area contributed by atoms with Gasteiger partial charge < -0.3 is 9.80 Å². The second-order valence-corrected chi connectivity index (χ2v) is 10.9. The summed E-state index contributed by atoms with van der Waals surface area (Å²) < 4.78 is 0. The molecule has 160 valence electrons. The van der Waals surface area contributed by atoms with Gasteiger partial charge in [-0.25, -0.2) is 0 Å². The third-order valence-electron chi connectivity index (χ3n) is 8.97. The van der Waals surface area contributed by atoms with Crippen LogP contribution >= 0.6 is 0 Å². The van der Waals surface area contributed by atoms with Crippen LogP contribution in [-0.2, 0) is 10.2 Å². The monoisotopic (exact) mass is 396 g/mol. The molecule has 1 heterocycles. The molecule has 0 radical (unpaired) electrons. The lowest BCUT2D eigenvalue weighted by atomic mass is 9.73. The molecule has 4 aliphatic rings. The van der Waals surface area contributed by atoms with Gasteiger partial charge in [0.2, 0.25) is 5.91 Å². The van der Waals surface area contributed by atoms with E-state index in [0.29, 0.717) is 0 Å². The standard InChI is InChI=1S/C26H38N2O.H2/c1-18(2)25(29)27(3)24-16-26(23-7-5-4-6-22(23)24)10-12-28(13-11-26)17-21-15-19-8-9-20(21)14-19;/h4-7,18-21,24H,8-17H2,1-3H3;1H/t19-,20-,21+,24-;/m0./s1. The number of hydrogen-bond donors (Lipinski definition) is 0. The molecule has 3 aliphatic carbocycles. The summed E-state index contributed by atoms with van der Waals surface area (Å²) >= 11 is 0. The minimum absolute atomic E-state index is 0. The highest BCUT2D eigenvalue weighted by Gasteiger charge is 2.48. The highest BCUT2D eigenvalue weighted by molar-refractivity contribution is 5.78. The number of carbonyl (C=O) groups is 1. The van der Waals surface area contributed by atoms with Crippen molar-refractivity contribution < 1.29 is 6.22 Å². The lowest BCUT2D eigenvalue weighted by Gasteiger charge is -2.42. The topological polar surface area (TPSA) is 23.6 Å². The molecule has 3 heteroatoms. The Labute approximate surface area is 178 Å². The van der Waals surface area contributed by atoms with Gasteiger partial charge in [-0.15, -0.1) is 0 Å². The normalized spacial score (nSPS) is 32.8. The average molecular weight is 397 g/mol. The summed E-state index contributed by atoms with van der Waals surface area (Å²) in [5.74, 6) is 3.39. The quantitative estimate of drug-likeness (QED) is 0.693. The Morgan fingerprint density at radius 2 is 1.97 bits per heavy atom. The van der Waals surface area contributed by atoms with Gasteiger partial charge in [-0.2, -0.15) is 0 Å². The van der Waals surface area contributed by atoms with Gasteiger partial charge in [0.05, 0.1) is 6.04 Å². The van der Waals surface area contributed by atoms with Crippen LogP contribution in [-0.4, -0.2) is 42.4 Å². The first kappa shape index (κ1) is 19.6. The summed E-state index contributed by atoms with van der Waals surface area (Å²) in [5.41, 5.74) is 3.22. The van der Waals surface area contributed by atoms with E-state index >= 15 is 0 Å². The minimum atomic E-state index is 0. The second kappa shape index (κ2) is 7.41. The molecule has 4 atom stereocenters. The van der Waals surface area contributed by atoms with E-state index < -0.39 is 0 Å². The van der Waals surface area contributed by atoms with Gasteiger partial charge in [0.25, 0.3) is 0 Å². The zero-order chi connectivity index (χ0) is 20.2. The van der Waals surface area contributed by atoms with E-state index in [2.05, 4.69) is 29.2 Å². The van der Waals surface area contributed by atoms with Crippen LogP contribution in [0.5, 0.6) is 0 Å². The fourth-order valence-electron chi connectivity index (χ4n) is 7.34. The van der Waals surface area contributed by atoms with E-state index in [0.717, 1.165) is 24.2 Å². The SMILES string of the molecule is CC(C)C(=O)N(C)[C@H]1CC2(CCN(C[C@H]3C[C@H]4CC[C@H]3C4)CC2)c2ccccc21.[HH]. The highest BCUT2D eigenvalue weighted by Crippen LogP contribution is 2.53. The molecular weight excluding hydrogens is 356 g/mol. The van der Waals surface area contributed by atoms with E-state index in [1.54, 1.807) is 0 Å². The van der Waals surface area contributed by atoms with E-state index in [4.69, 9.17) is 0 Å². The van der Waals surface area contributed by atoms with Crippen molar-refractivity contribution in [1.29, 1.82) is 0 Å². The molecule has 2 saturated carbocycles. The van der Waals surface area contributed by atoms with Crippen molar-refractivity contribution >= 4 is 5.91 Å². The van der Waals surface area contributed by atoms with Crippen molar-refractivity contribution in [3.8, 4) is 0 Å². The van der Waals surface area contributed by atoms with Crippen LogP contribution in [0.2, 0.25) is 0 Å². The molecule has 0 N–H and O–H groups in total. The fourth-order valence-corrected chi connectivity index (χ4v) is 7.34. The van der Waals surface area contributed by atoms with Crippen molar-refractivity contribution in [3.63, 3.8) is 0 Å². The first-order valence-corrected chi connectivity index (χ1v) is 12.1. The predicted octanol–water partition coefficient (Wildman–Crippen LogP) is 5.26. The summed E-state index contributed by atoms with van der Waals surface area (Å²) in [6.07, 6.45) is 9.65. The molecule has 1 amide bonds. The summed E-state index contributed by atoms with van der Waals surface area (Å²) in [7, 11) is 2.02. The Morgan fingerprint density at radius 1 is 1.21 bits per heavy atom. The minimum Gasteiger partial charge on any atom is -0.338 e. The van der Waals surface area contributed by atoms with Gasteiger partial charge in [0.1, 0.15) is 0 Å². The van der Waals surface area contributed by atoms with Crippen molar-refractivity contribution in [2.75, 3.05) is 26.7 Å². The van der Waals surface area contributed by atoms with Gasteiger partial charge in [0.15, 0.2) is 0 Å². The highest BCUT2D eigenvalue weighted by atomic mass is 16.2. The van der Waals surface area contributed by atoms with Gasteiger partial charge >= 0.3 is 0 Å². The molecule has 29 heavy (non-hydrogen) atoms. The van der Waals surface area contributed by atoms with Crippen molar-refractivity contribution in [2.45, 2.75) is 70.3 Å². The number of hydrogen-bond acceptors (Lipinski definition) is 2. The zero-order valence-electron chi connectivity index (χ0n) is 18.6. The zero-order valence-corrected chi connectivity index (χ0v) is 18.6. The Morgan fingerprint density at radius 3 is 2.62 bits per heavy atom. The third-order valence-corrected chi connectivity index (χ3v) is 8.97. The van der Waals surface area contributed by atoms with Crippen LogP contribution in [0.4, 0.5) is 0 Å². The number of nitrogens with zero attached hydrogens (tertiary/aromatic N) is 2. The maximum atomic E-state index is 12.7. The molecular formula is C26H40N2O. The molecule has 1 aromatic carbocycles. The maximum absolute atomic E-state index is 12.7. The van der Waals surface area contributed by atoms with E-state index in [1.807, 2.05) is 25.8 Å². The predicted molar refractivity (Wildman–Crippen MR) is 120 cm³/mol. The van der Waals surface area contributed by atoms with Gasteiger partial charge in [-0.1, -0.05) is 44.5 Å². The molecule has 1 spiro atoms. The number of amides is 1. The van der Waals surface area contributed by atoms with Crippen LogP contribution in [0, 0.1) is 23.7 Å². The van der Waals surface area contributed by atoms with Gasteiger partial charge in [0, 0.05) is 26.4 Å². The number of rotatable bonds is 4. The molecule has 1 aromatic rings. The first-order valence-electron chi connectivity index (χ1n) is 12.1. The third kappa shape index (κ3) is 3.34. The molecule has 3 nitrogen and oxygen atoms in total. The average Bonchev–Trinajstić information content (AvgIpc) is 3.43. The van der Waals surface area contributed by atoms with Crippen LogP contribution in [0.1, 0.15) is 77.4 Å². The van der Waals surface area contributed by atoms with Crippen molar-refractivity contribution in [2.24, 2.45) is 23.7 Å². The summed E-state index contributed by atoms with van der Waals surface area (Å²) in [5, 5.41) is 0. The Balaban J connectivity index is 0.00000218. The fraction of sp³-hybridized carbons (Fsp3) is 0.731. The first-order chi connectivity index (χ1) is 14.0. The number of likely N-dealkylation sites (tertiary alicyclic amines) is 1. The van der Waals surface area contributed by atoms with E-state index in [1.165, 1.54) is 69.3 Å². The number of carbonyl (C=O) groups excluding carboxylic acids is 1. The van der Waals surface area contributed by atoms with Crippen molar-refractivity contribution in [3.05, 3.63) is 35.4 Å². The Hall–Kier alpha value is -1.35. The van der Waals surface area contributed by atoms with Crippen molar-refractivity contribution in [1.82, 2.24) is 9.80 Å². The number of benzene rings is 1. The number of piperidine rings is 1. The number of fused-ring (bicyclic) bond motifs is 4. The summed E-state index contributed by atoms with van der Waals surface area (Å²) in [6.45, 7) is 7.84. The molecule has 0 unspecified atom stereocenters. The maximum Gasteiger partial charge on any atom is 0.225 e. The Bertz CT molecular complexity index is 770. The van der Waals surface area contributed by atoms with E-state index in [-0.39, 0.29) is 24.7 Å². The molecule has 1 saturated heterocycles. The molecule has 2 bridgehead atoms. The summed E-state index contributed by atoms with van der Waals surface area (Å²) in [6, 6.07) is 9.24. The molecule has 5 rings (SSSR count). The smallest absolute Gasteiger partial charge is 0.225 e. The lowest BCUT2D eigenvalue weighted by Crippen LogP contribution is -2.44. The van der Waals surface area contributed by atoms with Crippen LogP contribution < -0.4 is 0 Å². The summed E-state index contributed by atoms with van der Waals surface area (Å²) in [4.78, 5) is 17.6. The van der Waals surface area contributed by atoms with E-state index in [9.17, 15) is 4.79 Å². The van der Waals surface area contributed by atoms with Gasteiger partial charge in [-0.05, 0) is 80.5 Å². The second-order valence-electron chi connectivity index (χ2n) is 10.9. The van der Waals surface area contributed by atoms with Crippen LogP contribution in [0.15, 0.2) is 24.3 Å². The lowest BCUT2D eigenvalue weighted by molar-refractivity contribution is -0.135. The largest absolute Gasteiger partial charge is 0.338 e. The Kier molecular flexibility index (Phi) is 5.01. The molecule has 3 fully saturated rings. The molecule has 1 aliphatic heterocycles.